The number of rotatable bonds is 6. The van der Waals surface area contributed by atoms with Gasteiger partial charge in [-0.25, -0.2) is 13.4 Å². The molecule has 1 heterocycles. The summed E-state index contributed by atoms with van der Waals surface area (Å²) in [7, 11) is -3.70. The number of nitrogens with zero attached hydrogens (tertiary/aromatic N) is 1. The van der Waals surface area contributed by atoms with Crippen LogP contribution in [0.4, 0.5) is 22.9 Å². The van der Waals surface area contributed by atoms with Gasteiger partial charge in [-0.1, -0.05) is 18.2 Å². The molecule has 7 nitrogen and oxygen atoms in total. The number of pyridine rings is 1. The maximum Gasteiger partial charge on any atom is 0.263 e. The molecule has 0 spiro atoms. The molecule has 0 aliphatic rings. The lowest BCUT2D eigenvalue weighted by Gasteiger charge is -2.10. The molecule has 3 rings (SSSR count). The van der Waals surface area contributed by atoms with Crippen LogP contribution in [0.1, 0.15) is 12.5 Å². The van der Waals surface area contributed by atoms with Crippen LogP contribution in [-0.2, 0) is 14.8 Å². The second kappa shape index (κ2) is 8.10. The first kappa shape index (κ1) is 19.4. The van der Waals surface area contributed by atoms with E-state index in [-0.39, 0.29) is 16.6 Å². The summed E-state index contributed by atoms with van der Waals surface area (Å²) in [5.74, 6) is 0.0723. The normalized spacial score (nSPS) is 10.9. The predicted molar refractivity (Wildman–Crippen MR) is 110 cm³/mol. The second-order valence-electron chi connectivity index (χ2n) is 6.24. The molecule has 0 fully saturated rings. The number of hydrogen-bond acceptors (Lipinski definition) is 5. The average Bonchev–Trinajstić information content (AvgIpc) is 2.63. The van der Waals surface area contributed by atoms with Crippen LogP contribution >= 0.6 is 0 Å². The van der Waals surface area contributed by atoms with Crippen molar-refractivity contribution in [3.63, 3.8) is 0 Å². The second-order valence-corrected chi connectivity index (χ2v) is 7.92. The van der Waals surface area contributed by atoms with Gasteiger partial charge in [0.2, 0.25) is 5.91 Å². The van der Waals surface area contributed by atoms with Crippen molar-refractivity contribution in [1.82, 2.24) is 4.98 Å². The number of anilines is 4. The van der Waals surface area contributed by atoms with Gasteiger partial charge >= 0.3 is 0 Å². The quantitative estimate of drug-likeness (QED) is 0.587. The van der Waals surface area contributed by atoms with Gasteiger partial charge in [0.05, 0.1) is 16.8 Å². The van der Waals surface area contributed by atoms with Crippen LogP contribution in [0, 0.1) is 6.92 Å². The molecule has 1 amide bonds. The summed E-state index contributed by atoms with van der Waals surface area (Å²) in [5.41, 5.74) is 2.98. The molecule has 0 unspecified atom stereocenters. The first-order chi connectivity index (χ1) is 13.3. The fraction of sp³-hybridized carbons (Fsp3) is 0.100. The molecule has 0 aliphatic heterocycles. The topological polar surface area (TPSA) is 100 Å². The zero-order chi connectivity index (χ0) is 20.1. The molecule has 144 valence electrons. The van der Waals surface area contributed by atoms with E-state index in [0.717, 1.165) is 11.3 Å². The van der Waals surface area contributed by atoms with Gasteiger partial charge in [-0.15, -0.1) is 0 Å². The number of sulfonamides is 1. The Kier molecular flexibility index (Phi) is 5.60. The summed E-state index contributed by atoms with van der Waals surface area (Å²) in [6, 6.07) is 17.2. The summed E-state index contributed by atoms with van der Waals surface area (Å²) in [4.78, 5) is 15.5. The Labute approximate surface area is 163 Å². The number of amides is 1. The number of nitrogens with one attached hydrogen (secondary N) is 3. The molecule has 0 aliphatic carbocycles. The Hall–Kier alpha value is -3.39. The number of aryl methyl sites for hydroxylation is 1. The fourth-order valence-corrected chi connectivity index (χ4v) is 3.66. The largest absolute Gasteiger partial charge is 0.354 e. The highest BCUT2D eigenvalue weighted by Crippen LogP contribution is 2.21. The number of carbonyl (C=O) groups excluding carboxylic acids is 1. The molecule has 0 atom stereocenters. The number of hydrogen-bond donors (Lipinski definition) is 3. The van der Waals surface area contributed by atoms with E-state index in [0.29, 0.717) is 11.4 Å². The molecule has 2 aromatic carbocycles. The minimum Gasteiger partial charge on any atom is -0.354 e. The third kappa shape index (κ3) is 5.08. The van der Waals surface area contributed by atoms with Gasteiger partial charge in [-0.3, -0.25) is 9.52 Å². The Morgan fingerprint density at radius 1 is 0.929 bits per heavy atom. The zero-order valence-corrected chi connectivity index (χ0v) is 16.2. The van der Waals surface area contributed by atoms with Crippen LogP contribution in [0.15, 0.2) is 71.8 Å². The van der Waals surface area contributed by atoms with Gasteiger partial charge in [0.1, 0.15) is 5.82 Å². The highest BCUT2D eigenvalue weighted by molar-refractivity contribution is 7.92. The third-order valence-corrected chi connectivity index (χ3v) is 5.13. The van der Waals surface area contributed by atoms with Crippen LogP contribution in [0.5, 0.6) is 0 Å². The van der Waals surface area contributed by atoms with E-state index in [2.05, 4.69) is 20.3 Å². The molecule has 1 aromatic heterocycles. The van der Waals surface area contributed by atoms with Crippen molar-refractivity contribution >= 4 is 38.8 Å². The maximum atomic E-state index is 12.5. The maximum absolute atomic E-state index is 12.5. The average molecular weight is 396 g/mol. The summed E-state index contributed by atoms with van der Waals surface area (Å²) in [5, 5.41) is 5.87. The SMILES string of the molecule is CC(=O)Nc1cccc(Nc2ccc(NS(=O)(=O)c3cccc(C)c3)nc2)c1. The highest BCUT2D eigenvalue weighted by atomic mass is 32.2. The Bertz CT molecular complexity index is 1100. The first-order valence-corrected chi connectivity index (χ1v) is 10.0. The van der Waals surface area contributed by atoms with Crippen molar-refractivity contribution in [2.75, 3.05) is 15.4 Å². The monoisotopic (exact) mass is 396 g/mol. The van der Waals surface area contributed by atoms with Gasteiger partial charge < -0.3 is 10.6 Å². The molecule has 0 radical (unpaired) electrons. The fourth-order valence-electron chi connectivity index (χ4n) is 2.55. The van der Waals surface area contributed by atoms with E-state index < -0.39 is 10.0 Å². The molecular weight excluding hydrogens is 376 g/mol. The molecule has 0 saturated heterocycles. The first-order valence-electron chi connectivity index (χ1n) is 8.52. The predicted octanol–water partition coefficient (Wildman–Crippen LogP) is 3.89. The number of carbonyl (C=O) groups is 1. The van der Waals surface area contributed by atoms with Crippen molar-refractivity contribution in [3.05, 3.63) is 72.4 Å². The third-order valence-electron chi connectivity index (χ3n) is 3.77. The van der Waals surface area contributed by atoms with Crippen molar-refractivity contribution in [3.8, 4) is 0 Å². The van der Waals surface area contributed by atoms with Crippen molar-refractivity contribution in [2.24, 2.45) is 0 Å². The van der Waals surface area contributed by atoms with Gasteiger partial charge in [0.25, 0.3) is 10.0 Å². The van der Waals surface area contributed by atoms with Gasteiger partial charge in [-0.2, -0.15) is 0 Å². The lowest BCUT2D eigenvalue weighted by atomic mass is 10.2. The Morgan fingerprint density at radius 3 is 2.36 bits per heavy atom. The van der Waals surface area contributed by atoms with Crippen LogP contribution in [0.3, 0.4) is 0 Å². The minimum absolute atomic E-state index is 0.149. The van der Waals surface area contributed by atoms with E-state index in [1.165, 1.54) is 19.2 Å². The van der Waals surface area contributed by atoms with Crippen molar-refractivity contribution in [2.45, 2.75) is 18.7 Å². The van der Waals surface area contributed by atoms with Gasteiger partial charge in [0, 0.05) is 18.3 Å². The standard InChI is InChI=1S/C20H20N4O3S/c1-14-5-3-8-19(11-14)28(26,27)24-20-10-9-18(13-21-20)23-17-7-4-6-16(12-17)22-15(2)25/h3-13,23H,1-2H3,(H,21,24)(H,22,25). The molecule has 3 aromatic rings. The summed E-state index contributed by atoms with van der Waals surface area (Å²) in [6.07, 6.45) is 1.53. The van der Waals surface area contributed by atoms with E-state index in [9.17, 15) is 13.2 Å². The Morgan fingerprint density at radius 2 is 1.68 bits per heavy atom. The van der Waals surface area contributed by atoms with Gasteiger partial charge in [0.15, 0.2) is 0 Å². The van der Waals surface area contributed by atoms with E-state index >= 15 is 0 Å². The molecule has 0 bridgehead atoms. The Balaban J connectivity index is 1.71. The molecule has 3 N–H and O–H groups in total. The number of benzene rings is 2. The smallest absolute Gasteiger partial charge is 0.263 e. The van der Waals surface area contributed by atoms with Crippen LogP contribution in [0.2, 0.25) is 0 Å². The van der Waals surface area contributed by atoms with Crippen LogP contribution in [0.25, 0.3) is 0 Å². The lowest BCUT2D eigenvalue weighted by molar-refractivity contribution is -0.114. The minimum atomic E-state index is -3.70. The molecule has 8 heteroatoms. The van der Waals surface area contributed by atoms with Crippen LogP contribution < -0.4 is 15.4 Å². The van der Waals surface area contributed by atoms with E-state index in [4.69, 9.17) is 0 Å². The molecule has 0 saturated carbocycles. The molecule has 28 heavy (non-hydrogen) atoms. The molecular formula is C20H20N4O3S. The van der Waals surface area contributed by atoms with E-state index in [1.54, 1.807) is 36.4 Å². The lowest BCUT2D eigenvalue weighted by Crippen LogP contribution is -2.14. The van der Waals surface area contributed by atoms with Crippen LogP contribution in [-0.4, -0.2) is 19.3 Å². The highest BCUT2D eigenvalue weighted by Gasteiger charge is 2.14. The van der Waals surface area contributed by atoms with E-state index in [1.807, 2.05) is 25.1 Å². The van der Waals surface area contributed by atoms with Gasteiger partial charge in [-0.05, 0) is 55.0 Å². The zero-order valence-electron chi connectivity index (χ0n) is 15.4. The summed E-state index contributed by atoms with van der Waals surface area (Å²) < 4.78 is 27.4. The van der Waals surface area contributed by atoms with Crippen molar-refractivity contribution in [1.29, 1.82) is 0 Å². The van der Waals surface area contributed by atoms with Crippen molar-refractivity contribution < 1.29 is 13.2 Å². The summed E-state index contributed by atoms with van der Waals surface area (Å²) in [6.45, 7) is 3.28. The number of aromatic nitrogens is 1. The summed E-state index contributed by atoms with van der Waals surface area (Å²) >= 11 is 0.